The van der Waals surface area contributed by atoms with Crippen LogP contribution in [0.4, 0.5) is 0 Å². The van der Waals surface area contributed by atoms with Gasteiger partial charge in [-0.3, -0.25) is 0 Å². The Kier molecular flexibility index (Phi) is 7.51. The summed E-state index contributed by atoms with van der Waals surface area (Å²) in [5, 5.41) is 12.0. The van der Waals surface area contributed by atoms with Gasteiger partial charge in [-0.1, -0.05) is 26.2 Å². The predicted molar refractivity (Wildman–Crippen MR) is 112 cm³/mol. The summed E-state index contributed by atoms with van der Waals surface area (Å²) in [4.78, 5) is 7.36. The largest absolute Gasteiger partial charge is 0.356 e. The predicted octanol–water partition coefficient (Wildman–Crippen LogP) is 3.25. The number of aryl methyl sites for hydroxylation is 1. The van der Waals surface area contributed by atoms with Crippen molar-refractivity contribution in [1.82, 2.24) is 25.0 Å². The van der Waals surface area contributed by atoms with Gasteiger partial charge in [0, 0.05) is 26.7 Å². The van der Waals surface area contributed by atoms with E-state index >= 15 is 0 Å². The van der Waals surface area contributed by atoms with E-state index in [2.05, 4.69) is 27.3 Å². The van der Waals surface area contributed by atoms with Gasteiger partial charge >= 0.3 is 0 Å². The summed E-state index contributed by atoms with van der Waals surface area (Å²) < 4.78 is 2.02. The second kappa shape index (κ2) is 9.19. The average Bonchev–Trinajstić information content (AvgIpc) is 3.29. The van der Waals surface area contributed by atoms with Crippen LogP contribution in [-0.2, 0) is 13.6 Å². The van der Waals surface area contributed by atoms with Gasteiger partial charge < -0.3 is 14.8 Å². The van der Waals surface area contributed by atoms with Crippen LogP contribution in [0.2, 0.25) is 0 Å². The highest BCUT2D eigenvalue weighted by Gasteiger charge is 2.41. The Morgan fingerprint density at radius 2 is 2.00 bits per heavy atom. The zero-order valence-corrected chi connectivity index (χ0v) is 18.3. The number of guanidine groups is 1. The van der Waals surface area contributed by atoms with Gasteiger partial charge in [0.1, 0.15) is 12.4 Å². The molecule has 0 amide bonds. The number of halogens is 1. The fourth-order valence-electron chi connectivity index (χ4n) is 4.03. The summed E-state index contributed by atoms with van der Waals surface area (Å²) in [6.07, 6.45) is 9.31. The molecule has 2 fully saturated rings. The molecule has 3 rings (SSSR count). The van der Waals surface area contributed by atoms with Crippen molar-refractivity contribution in [2.24, 2.45) is 17.5 Å². The summed E-state index contributed by atoms with van der Waals surface area (Å²) in [6, 6.07) is 0. The van der Waals surface area contributed by atoms with Gasteiger partial charge in [-0.25, -0.2) is 4.99 Å². The molecule has 142 valence electrons. The Morgan fingerprint density at radius 1 is 1.24 bits per heavy atom. The van der Waals surface area contributed by atoms with Crippen LogP contribution in [0.25, 0.3) is 0 Å². The first-order valence-corrected chi connectivity index (χ1v) is 9.52. The van der Waals surface area contributed by atoms with Gasteiger partial charge in [0.2, 0.25) is 0 Å². The number of rotatable bonds is 5. The summed E-state index contributed by atoms with van der Waals surface area (Å²) in [7, 11) is 2.01. The molecule has 1 N–H and O–H groups in total. The fourth-order valence-corrected chi connectivity index (χ4v) is 4.03. The third-order valence-corrected chi connectivity index (χ3v) is 5.77. The van der Waals surface area contributed by atoms with Crippen LogP contribution in [0, 0.1) is 12.3 Å². The maximum atomic E-state index is 4.88. The molecule has 1 saturated heterocycles. The molecule has 2 aliphatic rings. The van der Waals surface area contributed by atoms with E-state index in [1.807, 2.05) is 18.5 Å². The molecular formula is C18H33IN6. The van der Waals surface area contributed by atoms with Crippen molar-refractivity contribution in [2.45, 2.75) is 65.3 Å². The fraction of sp³-hybridized carbons (Fsp3) is 0.833. The highest BCUT2D eigenvalue weighted by Crippen LogP contribution is 2.45. The third kappa shape index (κ3) is 4.86. The summed E-state index contributed by atoms with van der Waals surface area (Å²) >= 11 is 0. The number of nitrogens with one attached hydrogen (secondary N) is 1. The first-order valence-electron chi connectivity index (χ1n) is 9.52. The molecule has 0 unspecified atom stereocenters. The summed E-state index contributed by atoms with van der Waals surface area (Å²) in [5.41, 5.74) is 0.564. The van der Waals surface area contributed by atoms with Crippen LogP contribution < -0.4 is 5.32 Å². The van der Waals surface area contributed by atoms with E-state index in [1.54, 1.807) is 0 Å². The minimum atomic E-state index is 0. The van der Waals surface area contributed by atoms with Crippen molar-refractivity contribution < 1.29 is 0 Å². The van der Waals surface area contributed by atoms with Gasteiger partial charge in [0.05, 0.1) is 0 Å². The molecule has 0 bridgehead atoms. The Bertz CT molecular complexity index is 576. The van der Waals surface area contributed by atoms with Crippen molar-refractivity contribution in [3.63, 3.8) is 0 Å². The lowest BCUT2D eigenvalue weighted by Gasteiger charge is -2.26. The van der Waals surface area contributed by atoms with Crippen LogP contribution in [0.5, 0.6) is 0 Å². The molecular weight excluding hydrogens is 427 g/mol. The van der Waals surface area contributed by atoms with E-state index in [1.165, 1.54) is 51.5 Å². The van der Waals surface area contributed by atoms with Crippen LogP contribution >= 0.6 is 24.0 Å². The van der Waals surface area contributed by atoms with E-state index in [4.69, 9.17) is 4.99 Å². The zero-order chi connectivity index (χ0) is 17.0. The lowest BCUT2D eigenvalue weighted by molar-refractivity contribution is 0.309. The molecule has 1 aromatic rings. The number of aromatic nitrogens is 3. The third-order valence-electron chi connectivity index (χ3n) is 5.77. The number of hydrogen-bond donors (Lipinski definition) is 1. The molecule has 1 spiro atoms. The molecule has 1 aliphatic carbocycles. The first kappa shape index (κ1) is 20.5. The number of unbranched alkanes of at least 4 members (excludes halogenated alkanes) is 1. The monoisotopic (exact) mass is 460 g/mol. The molecule has 1 aliphatic heterocycles. The van der Waals surface area contributed by atoms with E-state index in [0.29, 0.717) is 12.0 Å². The lowest BCUT2D eigenvalue weighted by Crippen LogP contribution is -2.41. The summed E-state index contributed by atoms with van der Waals surface area (Å²) in [5.74, 6) is 2.93. The molecule has 0 aromatic carbocycles. The maximum absolute atomic E-state index is 4.88. The molecule has 1 aromatic heterocycles. The number of likely N-dealkylation sites (tertiary alicyclic amines) is 1. The highest BCUT2D eigenvalue weighted by atomic mass is 127. The van der Waals surface area contributed by atoms with Crippen LogP contribution in [-0.4, -0.2) is 45.3 Å². The van der Waals surface area contributed by atoms with Crippen molar-refractivity contribution in [3.05, 3.63) is 11.6 Å². The van der Waals surface area contributed by atoms with Gasteiger partial charge in [-0.15, -0.1) is 34.2 Å². The zero-order valence-electron chi connectivity index (χ0n) is 15.9. The lowest BCUT2D eigenvalue weighted by atomic mass is 9.86. The average molecular weight is 460 g/mol. The molecule has 0 atom stereocenters. The van der Waals surface area contributed by atoms with Gasteiger partial charge in [-0.2, -0.15) is 0 Å². The van der Waals surface area contributed by atoms with E-state index in [-0.39, 0.29) is 24.0 Å². The molecule has 0 radical (unpaired) electrons. The maximum Gasteiger partial charge on any atom is 0.194 e. The summed E-state index contributed by atoms with van der Waals surface area (Å²) in [6.45, 7) is 8.10. The van der Waals surface area contributed by atoms with Crippen molar-refractivity contribution in [3.8, 4) is 0 Å². The minimum absolute atomic E-state index is 0. The first-order chi connectivity index (χ1) is 11.6. The second-order valence-electron chi connectivity index (χ2n) is 7.52. The minimum Gasteiger partial charge on any atom is -0.356 e. The van der Waals surface area contributed by atoms with Gasteiger partial charge in [0.15, 0.2) is 11.8 Å². The topological polar surface area (TPSA) is 58.3 Å². The quantitative estimate of drug-likeness (QED) is 0.317. The molecule has 2 heterocycles. The normalized spacial score (nSPS) is 19.5. The van der Waals surface area contributed by atoms with Gasteiger partial charge in [0.25, 0.3) is 0 Å². The van der Waals surface area contributed by atoms with Crippen LogP contribution in [0.15, 0.2) is 4.99 Å². The Morgan fingerprint density at radius 3 is 2.64 bits per heavy atom. The molecule has 25 heavy (non-hydrogen) atoms. The van der Waals surface area contributed by atoms with E-state index in [0.717, 1.165) is 30.7 Å². The van der Waals surface area contributed by atoms with Crippen LogP contribution in [0.1, 0.15) is 63.5 Å². The Labute approximate surface area is 168 Å². The smallest absolute Gasteiger partial charge is 0.194 e. The highest BCUT2D eigenvalue weighted by molar-refractivity contribution is 14.0. The molecule has 1 saturated carbocycles. The molecule has 6 nitrogen and oxygen atoms in total. The van der Waals surface area contributed by atoms with E-state index in [9.17, 15) is 0 Å². The van der Waals surface area contributed by atoms with Crippen molar-refractivity contribution >= 4 is 29.9 Å². The number of hydrogen-bond acceptors (Lipinski definition) is 3. The van der Waals surface area contributed by atoms with Crippen molar-refractivity contribution in [2.75, 3.05) is 19.6 Å². The Balaban J connectivity index is 0.00000225. The van der Waals surface area contributed by atoms with Crippen molar-refractivity contribution in [1.29, 1.82) is 0 Å². The van der Waals surface area contributed by atoms with Gasteiger partial charge in [-0.05, 0) is 38.0 Å². The van der Waals surface area contributed by atoms with Crippen LogP contribution in [0.3, 0.4) is 0 Å². The molecule has 7 heteroatoms. The Hall–Kier alpha value is -0.860. The SMILES string of the molecule is CCCCNC(=NCc1nnc(C)n1C)N1CCC2(CCCC2)C1.I. The van der Waals surface area contributed by atoms with E-state index < -0.39 is 0 Å². The number of nitrogens with zero attached hydrogens (tertiary/aromatic N) is 5. The second-order valence-corrected chi connectivity index (χ2v) is 7.52. The standard InChI is InChI=1S/C18H32N6.HI/c1-4-5-11-19-17(20-13-16-22-21-15(2)23(16)3)24-12-10-18(14-24)8-6-7-9-18;/h4-14H2,1-3H3,(H,19,20);1H. The number of aliphatic imine (C=N–C) groups is 1.